The van der Waals surface area contributed by atoms with Gasteiger partial charge in [0, 0.05) is 29.6 Å². The van der Waals surface area contributed by atoms with Gasteiger partial charge in [-0.05, 0) is 55.6 Å². The fraction of sp³-hybridized carbons (Fsp3) is 0.257. The van der Waals surface area contributed by atoms with Gasteiger partial charge in [0.1, 0.15) is 10.1 Å². The molecule has 48 heavy (non-hydrogen) atoms. The van der Waals surface area contributed by atoms with Gasteiger partial charge in [0.05, 0.1) is 17.1 Å². The second-order valence-electron chi connectivity index (χ2n) is 10.6. The van der Waals surface area contributed by atoms with Gasteiger partial charge < -0.3 is 21.5 Å². The molecule has 2 heterocycles. The third-order valence-electron chi connectivity index (χ3n) is 7.06. The van der Waals surface area contributed by atoms with E-state index in [1.807, 2.05) is 78.9 Å². The molecule has 0 fully saturated rings. The number of thiol groups is 1. The number of carboxylic acids is 1. The van der Waals surface area contributed by atoms with Crippen LogP contribution >= 0.6 is 24.4 Å². The molecule has 1 amide bonds. The Bertz CT molecular complexity index is 1690. The Hall–Kier alpha value is -4.17. The van der Waals surface area contributed by atoms with E-state index in [9.17, 15) is 18.0 Å². The van der Waals surface area contributed by atoms with Crippen LogP contribution in [0.4, 0.5) is 13.2 Å². The lowest BCUT2D eigenvalue weighted by atomic mass is 10.0. The summed E-state index contributed by atoms with van der Waals surface area (Å²) in [5.74, 6) is -2.17. The number of carbonyl (C=O) groups is 2. The highest BCUT2D eigenvalue weighted by Crippen LogP contribution is 2.27. The Labute approximate surface area is 287 Å². The van der Waals surface area contributed by atoms with E-state index in [1.165, 1.54) is 0 Å². The minimum absolute atomic E-state index is 0.0371. The first-order valence-corrected chi connectivity index (χ1v) is 16.4. The monoisotopic (exact) mass is 697 g/mol. The van der Waals surface area contributed by atoms with Gasteiger partial charge in [0.15, 0.2) is 0 Å². The quantitative estimate of drug-likeness (QED) is 0.120. The topological polar surface area (TPSA) is 135 Å². The molecule has 13 heteroatoms. The van der Waals surface area contributed by atoms with Crippen LogP contribution < -0.4 is 11.5 Å². The third kappa shape index (κ3) is 12.1. The number of nitrogens with zero attached hydrogens (tertiary/aromatic N) is 3. The van der Waals surface area contributed by atoms with Crippen molar-refractivity contribution in [3.63, 3.8) is 0 Å². The van der Waals surface area contributed by atoms with Crippen molar-refractivity contribution in [2.24, 2.45) is 11.5 Å². The van der Waals surface area contributed by atoms with E-state index in [0.717, 1.165) is 50.3 Å². The maximum absolute atomic E-state index is 12.3. The van der Waals surface area contributed by atoms with Crippen LogP contribution in [-0.4, -0.2) is 69.5 Å². The first-order chi connectivity index (χ1) is 22.9. The van der Waals surface area contributed by atoms with Crippen molar-refractivity contribution in [2.45, 2.75) is 47.6 Å². The number of halogens is 3. The third-order valence-corrected chi connectivity index (χ3v) is 8.36. The molecule has 2 atom stereocenters. The van der Waals surface area contributed by atoms with Crippen LogP contribution in [0.3, 0.4) is 0 Å². The lowest BCUT2D eigenvalue weighted by Gasteiger charge is -2.29. The van der Waals surface area contributed by atoms with Crippen LogP contribution in [0.5, 0.6) is 0 Å². The summed E-state index contributed by atoms with van der Waals surface area (Å²) in [6.45, 7) is 0.627. The maximum atomic E-state index is 12.3. The smallest absolute Gasteiger partial charge is 0.475 e. The highest BCUT2D eigenvalue weighted by Gasteiger charge is 2.38. The molecule has 8 nitrogen and oxygen atoms in total. The summed E-state index contributed by atoms with van der Waals surface area (Å²) in [5.41, 5.74) is 14.7. The molecule has 5 N–H and O–H groups in total. The number of amides is 1. The van der Waals surface area contributed by atoms with E-state index in [2.05, 4.69) is 46.9 Å². The number of aliphatic carboxylic acids is 1. The molecular formula is C35H38F3N5O3S2. The number of likely N-dealkylation sites (N-methyl/N-ethyl adjacent to an activating group) is 1. The summed E-state index contributed by atoms with van der Waals surface area (Å²) >= 11 is 5.91. The molecule has 0 saturated carbocycles. The average molecular weight is 698 g/mol. The predicted molar refractivity (Wildman–Crippen MR) is 188 cm³/mol. The molecule has 0 saturated heterocycles. The van der Waals surface area contributed by atoms with Crippen molar-refractivity contribution in [3.05, 3.63) is 109 Å². The number of rotatable bonds is 10. The second kappa shape index (κ2) is 19.0. The van der Waals surface area contributed by atoms with Crippen molar-refractivity contribution < 1.29 is 27.9 Å². The number of benzene rings is 3. The van der Waals surface area contributed by atoms with Crippen molar-refractivity contribution in [1.29, 1.82) is 0 Å². The van der Waals surface area contributed by atoms with Gasteiger partial charge in [-0.15, -0.1) is 0 Å². The van der Waals surface area contributed by atoms with Crippen molar-refractivity contribution in [3.8, 4) is 0 Å². The number of pyridine rings is 2. The number of aromatic nitrogens is 2. The Morgan fingerprint density at radius 1 is 0.854 bits per heavy atom. The van der Waals surface area contributed by atoms with Crippen LogP contribution in [0.1, 0.15) is 18.4 Å². The van der Waals surface area contributed by atoms with Crippen molar-refractivity contribution in [1.82, 2.24) is 14.9 Å². The summed E-state index contributed by atoms with van der Waals surface area (Å²) in [7, 11) is 1.80. The molecule has 3 aromatic carbocycles. The molecule has 0 aliphatic heterocycles. The first kappa shape index (κ1) is 38.3. The Morgan fingerprint density at radius 2 is 1.33 bits per heavy atom. The van der Waals surface area contributed by atoms with Crippen molar-refractivity contribution >= 4 is 58.1 Å². The van der Waals surface area contributed by atoms with Gasteiger partial charge in [0.2, 0.25) is 5.91 Å². The number of alkyl halides is 3. The van der Waals surface area contributed by atoms with Crippen molar-refractivity contribution in [2.75, 3.05) is 19.3 Å². The number of para-hydroxylation sites is 2. The van der Waals surface area contributed by atoms with E-state index < -0.39 is 18.2 Å². The lowest BCUT2D eigenvalue weighted by molar-refractivity contribution is -0.192. The number of carboxylic acid groups (broad SMARTS) is 1. The molecule has 2 aromatic heterocycles. The fourth-order valence-corrected chi connectivity index (χ4v) is 5.68. The summed E-state index contributed by atoms with van der Waals surface area (Å²) < 4.78 is 31.7. The standard InChI is InChI=1S/C18H12N2S.C15H25N3OS.C2HF3O2/c1-3-7-15-13(5-1)9-11-17(19-15)21-18-12-10-14-6-2-4-8-16(14)20-18;1-18(13(11-20)8-5-9-16)15(19)14(17)10-12-6-3-2-4-7-12;3-2(4,5)1(6)7/h1-12H;2-4,6-7,13-14,20H,5,8-11,16-17H2,1H3;(H,6,7)/t;13-,14-;/m.0./s1. The Kier molecular flexibility index (Phi) is 15.1. The first-order valence-electron chi connectivity index (χ1n) is 15.0. The largest absolute Gasteiger partial charge is 0.490 e. The number of fused-ring (bicyclic) bond motifs is 2. The summed E-state index contributed by atoms with van der Waals surface area (Å²) in [6.07, 6.45) is -2.78. The Balaban J connectivity index is 0.000000219. The number of nitrogens with two attached hydrogens (primary N) is 2. The van der Waals surface area contributed by atoms with Crippen LogP contribution in [0.15, 0.2) is 113 Å². The zero-order chi connectivity index (χ0) is 35.1. The van der Waals surface area contributed by atoms with E-state index in [-0.39, 0.29) is 11.9 Å². The minimum atomic E-state index is -5.08. The number of carbonyl (C=O) groups excluding carboxylic acids is 1. The zero-order valence-electron chi connectivity index (χ0n) is 26.3. The van der Waals surface area contributed by atoms with Gasteiger partial charge in [-0.2, -0.15) is 25.8 Å². The van der Waals surface area contributed by atoms with E-state index in [0.29, 0.717) is 18.7 Å². The Morgan fingerprint density at radius 3 is 1.79 bits per heavy atom. The predicted octanol–water partition coefficient (Wildman–Crippen LogP) is 6.62. The van der Waals surface area contributed by atoms with Gasteiger partial charge in [-0.25, -0.2) is 14.8 Å². The molecule has 0 aliphatic rings. The molecule has 0 unspecified atom stereocenters. The van der Waals surface area contributed by atoms with Crippen LogP contribution in [0.2, 0.25) is 0 Å². The molecular weight excluding hydrogens is 660 g/mol. The van der Waals surface area contributed by atoms with Gasteiger partial charge in [0.25, 0.3) is 0 Å². The molecule has 5 aromatic rings. The second-order valence-corrected chi connectivity index (χ2v) is 12.0. The van der Waals surface area contributed by atoms with Crippen LogP contribution in [-0.2, 0) is 16.0 Å². The SMILES string of the molecule is CN(C(=O)[C@@H](N)Cc1ccccc1)[C@H](CS)CCCN.O=C(O)C(F)(F)F.c1ccc2nc(Sc3ccc4ccccc4n3)ccc2c1. The molecule has 5 rings (SSSR count). The summed E-state index contributed by atoms with van der Waals surface area (Å²) in [5, 5.41) is 11.4. The molecule has 0 spiro atoms. The molecule has 254 valence electrons. The summed E-state index contributed by atoms with van der Waals surface area (Å²) in [6, 6.07) is 34.0. The lowest BCUT2D eigenvalue weighted by Crippen LogP contribution is -2.48. The summed E-state index contributed by atoms with van der Waals surface area (Å²) in [4.78, 5) is 32.3. The minimum Gasteiger partial charge on any atom is -0.475 e. The molecule has 0 bridgehead atoms. The van der Waals surface area contributed by atoms with Gasteiger partial charge in [-0.3, -0.25) is 4.79 Å². The highest BCUT2D eigenvalue weighted by atomic mass is 32.2. The molecule has 0 radical (unpaired) electrons. The highest BCUT2D eigenvalue weighted by molar-refractivity contribution is 7.99. The van der Waals surface area contributed by atoms with E-state index >= 15 is 0 Å². The fourth-order valence-electron chi connectivity index (χ4n) is 4.47. The number of hydrogen-bond acceptors (Lipinski definition) is 8. The van der Waals surface area contributed by atoms with E-state index in [4.69, 9.17) is 21.4 Å². The van der Waals surface area contributed by atoms with Gasteiger partial charge in [-0.1, -0.05) is 90.6 Å². The zero-order valence-corrected chi connectivity index (χ0v) is 28.0. The number of hydrogen-bond donors (Lipinski definition) is 4. The normalized spacial score (nSPS) is 12.2. The van der Waals surface area contributed by atoms with Crippen LogP contribution in [0, 0.1) is 0 Å². The van der Waals surface area contributed by atoms with Crippen LogP contribution in [0.25, 0.3) is 21.8 Å². The average Bonchev–Trinajstić information content (AvgIpc) is 3.08. The van der Waals surface area contributed by atoms with Gasteiger partial charge >= 0.3 is 12.1 Å². The van der Waals surface area contributed by atoms with E-state index in [1.54, 1.807) is 23.7 Å². The maximum Gasteiger partial charge on any atom is 0.490 e. The molecule has 0 aliphatic carbocycles.